The van der Waals surface area contributed by atoms with E-state index in [1.165, 1.54) is 24.3 Å². The van der Waals surface area contributed by atoms with Gasteiger partial charge in [-0.25, -0.2) is 27.7 Å². The summed E-state index contributed by atoms with van der Waals surface area (Å²) >= 11 is 1.49. The van der Waals surface area contributed by atoms with Gasteiger partial charge in [-0.2, -0.15) is 5.10 Å². The highest BCUT2D eigenvalue weighted by molar-refractivity contribution is 7.99. The molecule has 0 aliphatic carbocycles. The number of ether oxygens (including phenoxy) is 1. The summed E-state index contributed by atoms with van der Waals surface area (Å²) in [5.41, 5.74) is 9.20. The lowest BCUT2D eigenvalue weighted by Crippen LogP contribution is -2.39. The molecular weight excluding hydrogens is 500 g/mol. The van der Waals surface area contributed by atoms with Crippen LogP contribution in [0, 0.1) is 5.92 Å². The molecule has 1 aromatic carbocycles. The van der Waals surface area contributed by atoms with Crippen molar-refractivity contribution in [2.45, 2.75) is 35.9 Å². The molecule has 0 radical (unpaired) electrons. The standard InChI is InChI=1S/C23H28N8O3S2/c1-34-16-5-6-17(18-7-9-27-29-18)19(12-16)35-23-28-20-21(24)25-14-26-22(20)31(23)11-8-15-4-3-10-30(13-15)36(2,32)33/h5-7,9,12,14-15H,3-4,8,10-11,13H2,1-2H3,(H,27,29)(H2,24,25,26). The molecule has 36 heavy (non-hydrogen) atoms. The highest BCUT2D eigenvalue weighted by atomic mass is 32.2. The van der Waals surface area contributed by atoms with E-state index in [4.69, 9.17) is 15.5 Å². The van der Waals surface area contributed by atoms with Crippen LogP contribution in [-0.4, -0.2) is 68.9 Å². The van der Waals surface area contributed by atoms with Crippen molar-refractivity contribution >= 4 is 38.8 Å². The molecular formula is C23H28N8O3S2. The van der Waals surface area contributed by atoms with Crippen LogP contribution in [0.2, 0.25) is 0 Å². The van der Waals surface area contributed by atoms with Crippen molar-refractivity contribution in [1.29, 1.82) is 0 Å². The van der Waals surface area contributed by atoms with Crippen molar-refractivity contribution in [3.63, 3.8) is 0 Å². The third-order valence-electron chi connectivity index (χ3n) is 6.42. The van der Waals surface area contributed by atoms with Gasteiger partial charge in [0.15, 0.2) is 22.1 Å². The zero-order valence-corrected chi connectivity index (χ0v) is 21.7. The zero-order valence-electron chi connectivity index (χ0n) is 20.1. The average Bonchev–Trinajstić information content (AvgIpc) is 3.51. The second kappa shape index (κ2) is 10.1. The molecule has 1 unspecified atom stereocenters. The number of aromatic amines is 1. The maximum absolute atomic E-state index is 12.1. The molecule has 3 N–H and O–H groups in total. The lowest BCUT2D eigenvalue weighted by molar-refractivity contribution is 0.249. The first-order valence-electron chi connectivity index (χ1n) is 11.6. The topological polar surface area (TPSA) is 145 Å². The fourth-order valence-corrected chi connectivity index (χ4v) is 6.56. The summed E-state index contributed by atoms with van der Waals surface area (Å²) in [7, 11) is -1.57. The first-order valence-corrected chi connectivity index (χ1v) is 14.3. The SMILES string of the molecule is COc1ccc(-c2ccn[nH]2)c(Sc2nc3c(N)ncnc3n2CCC2CCCN(S(C)(=O)=O)C2)c1. The van der Waals surface area contributed by atoms with E-state index in [0.29, 0.717) is 36.6 Å². The Morgan fingerprint density at radius 1 is 1.28 bits per heavy atom. The summed E-state index contributed by atoms with van der Waals surface area (Å²) in [6.45, 7) is 1.74. The Morgan fingerprint density at radius 3 is 2.89 bits per heavy atom. The molecule has 0 amide bonds. The van der Waals surface area contributed by atoms with E-state index < -0.39 is 10.0 Å². The number of piperidine rings is 1. The molecule has 0 saturated carbocycles. The fraction of sp³-hybridized carbons (Fsp3) is 0.391. The van der Waals surface area contributed by atoms with Gasteiger partial charge in [-0.3, -0.25) is 5.10 Å². The maximum atomic E-state index is 12.1. The molecule has 190 valence electrons. The lowest BCUT2D eigenvalue weighted by Gasteiger charge is -2.31. The number of rotatable bonds is 8. The molecule has 4 heterocycles. The van der Waals surface area contributed by atoms with Crippen molar-refractivity contribution in [3.05, 3.63) is 36.8 Å². The lowest BCUT2D eigenvalue weighted by atomic mass is 9.96. The van der Waals surface area contributed by atoms with Gasteiger partial charge in [0.25, 0.3) is 0 Å². The molecule has 5 rings (SSSR count). The van der Waals surface area contributed by atoms with E-state index in [2.05, 4.69) is 20.2 Å². The highest BCUT2D eigenvalue weighted by Crippen LogP contribution is 2.39. The summed E-state index contributed by atoms with van der Waals surface area (Å²) in [5.74, 6) is 1.30. The van der Waals surface area contributed by atoms with Gasteiger partial charge >= 0.3 is 0 Å². The number of hydrogen-bond donors (Lipinski definition) is 2. The Labute approximate surface area is 213 Å². The number of aromatic nitrogens is 6. The quantitative estimate of drug-likeness (QED) is 0.352. The van der Waals surface area contributed by atoms with Gasteiger partial charge in [0.2, 0.25) is 10.0 Å². The van der Waals surface area contributed by atoms with Crippen LogP contribution in [0.1, 0.15) is 19.3 Å². The number of nitrogen functional groups attached to an aromatic ring is 1. The van der Waals surface area contributed by atoms with Crippen LogP contribution < -0.4 is 10.5 Å². The molecule has 1 saturated heterocycles. The number of nitrogens with one attached hydrogen (secondary N) is 1. The third-order valence-corrected chi connectivity index (χ3v) is 8.74. The maximum Gasteiger partial charge on any atom is 0.211 e. The van der Waals surface area contributed by atoms with Crippen LogP contribution in [0.15, 0.2) is 46.8 Å². The van der Waals surface area contributed by atoms with E-state index in [1.54, 1.807) is 17.6 Å². The number of nitrogens with two attached hydrogens (primary N) is 1. The van der Waals surface area contributed by atoms with Gasteiger partial charge in [0, 0.05) is 36.3 Å². The predicted octanol–water partition coefficient (Wildman–Crippen LogP) is 3.02. The smallest absolute Gasteiger partial charge is 0.211 e. The van der Waals surface area contributed by atoms with Crippen LogP contribution in [0.4, 0.5) is 5.82 Å². The largest absolute Gasteiger partial charge is 0.497 e. The molecule has 3 aromatic heterocycles. The molecule has 1 aliphatic rings. The third kappa shape index (κ3) is 5.04. The number of fused-ring (bicyclic) bond motifs is 1. The van der Waals surface area contributed by atoms with Crippen molar-refractivity contribution < 1.29 is 13.2 Å². The Morgan fingerprint density at radius 2 is 2.14 bits per heavy atom. The number of methoxy groups -OCH3 is 1. The Kier molecular flexibility index (Phi) is 6.86. The van der Waals surface area contributed by atoms with E-state index in [0.717, 1.165) is 46.3 Å². The van der Waals surface area contributed by atoms with E-state index in [1.807, 2.05) is 28.8 Å². The number of aryl methyl sites for hydroxylation is 1. The Balaban J connectivity index is 1.48. The Hall–Kier alpha value is -3.16. The summed E-state index contributed by atoms with van der Waals surface area (Å²) in [5, 5.41) is 7.84. The molecule has 11 nitrogen and oxygen atoms in total. The number of imidazole rings is 1. The molecule has 13 heteroatoms. The van der Waals surface area contributed by atoms with Crippen molar-refractivity contribution in [3.8, 4) is 17.0 Å². The number of anilines is 1. The Bertz CT molecular complexity index is 1470. The molecule has 1 fully saturated rings. The minimum absolute atomic E-state index is 0.250. The first kappa shape index (κ1) is 24.5. The van der Waals surface area contributed by atoms with Crippen LogP contribution in [0.5, 0.6) is 5.75 Å². The average molecular weight is 529 g/mol. The number of benzene rings is 1. The number of sulfonamides is 1. The summed E-state index contributed by atoms with van der Waals surface area (Å²) in [6, 6.07) is 7.76. The summed E-state index contributed by atoms with van der Waals surface area (Å²) in [4.78, 5) is 14.3. The number of nitrogens with zero attached hydrogens (tertiary/aromatic N) is 6. The summed E-state index contributed by atoms with van der Waals surface area (Å²) < 4.78 is 33.3. The van der Waals surface area contributed by atoms with Gasteiger partial charge in [0.05, 0.1) is 19.1 Å². The van der Waals surface area contributed by atoms with Crippen LogP contribution >= 0.6 is 11.8 Å². The monoisotopic (exact) mass is 528 g/mol. The fourth-order valence-electron chi connectivity index (χ4n) is 4.53. The minimum atomic E-state index is -3.20. The molecule has 1 aliphatic heterocycles. The van der Waals surface area contributed by atoms with Gasteiger partial charge in [-0.1, -0.05) is 11.8 Å². The van der Waals surface area contributed by atoms with Crippen LogP contribution in [0.25, 0.3) is 22.4 Å². The van der Waals surface area contributed by atoms with E-state index in [9.17, 15) is 8.42 Å². The van der Waals surface area contributed by atoms with Crippen LogP contribution in [0.3, 0.4) is 0 Å². The second-order valence-electron chi connectivity index (χ2n) is 8.83. The van der Waals surface area contributed by atoms with Crippen molar-refractivity contribution in [1.82, 2.24) is 34.0 Å². The molecule has 1 atom stereocenters. The second-order valence-corrected chi connectivity index (χ2v) is 11.8. The number of hydrogen-bond acceptors (Lipinski definition) is 9. The van der Waals surface area contributed by atoms with Crippen LogP contribution in [-0.2, 0) is 16.6 Å². The normalized spacial score (nSPS) is 17.0. The molecule has 0 bridgehead atoms. The number of H-pyrrole nitrogens is 1. The van der Waals surface area contributed by atoms with Gasteiger partial charge in [-0.05, 0) is 49.4 Å². The molecule has 4 aromatic rings. The van der Waals surface area contributed by atoms with Gasteiger partial charge < -0.3 is 15.0 Å². The summed E-state index contributed by atoms with van der Waals surface area (Å²) in [6.07, 6.45) is 7.06. The van der Waals surface area contributed by atoms with Crippen molar-refractivity contribution in [2.75, 3.05) is 32.2 Å². The van der Waals surface area contributed by atoms with Gasteiger partial charge in [0.1, 0.15) is 12.1 Å². The minimum Gasteiger partial charge on any atom is -0.497 e. The van der Waals surface area contributed by atoms with E-state index in [-0.39, 0.29) is 5.92 Å². The molecule has 0 spiro atoms. The van der Waals surface area contributed by atoms with E-state index >= 15 is 0 Å². The zero-order chi connectivity index (χ0) is 25.3. The van der Waals surface area contributed by atoms with Gasteiger partial charge in [-0.15, -0.1) is 0 Å². The highest BCUT2D eigenvalue weighted by Gasteiger charge is 2.26. The predicted molar refractivity (Wildman–Crippen MR) is 138 cm³/mol. The first-order chi connectivity index (χ1) is 17.3. The van der Waals surface area contributed by atoms with Crippen molar-refractivity contribution in [2.24, 2.45) is 5.92 Å².